The molecule has 2 aromatic rings. The molecule has 0 bridgehead atoms. The predicted octanol–water partition coefficient (Wildman–Crippen LogP) is 2.97. The van der Waals surface area contributed by atoms with Crippen LogP contribution in [0.2, 0.25) is 0 Å². The van der Waals surface area contributed by atoms with Crippen molar-refractivity contribution in [3.8, 4) is 5.75 Å². The first-order chi connectivity index (χ1) is 14.4. The van der Waals surface area contributed by atoms with Crippen LogP contribution < -0.4 is 20.7 Å². The van der Waals surface area contributed by atoms with Gasteiger partial charge < -0.3 is 20.7 Å². The molecule has 0 aliphatic rings. The van der Waals surface area contributed by atoms with Crippen molar-refractivity contribution < 1.29 is 19.1 Å². The molecule has 3 amide bonds. The smallest absolute Gasteiger partial charge is 0.255 e. The Bertz CT molecular complexity index is 876. The third-order valence-electron chi connectivity index (χ3n) is 4.49. The van der Waals surface area contributed by atoms with E-state index in [1.807, 2.05) is 45.0 Å². The van der Waals surface area contributed by atoms with Crippen LogP contribution in [0.25, 0.3) is 0 Å². The molecule has 0 aliphatic heterocycles. The first kappa shape index (κ1) is 22.9. The van der Waals surface area contributed by atoms with E-state index in [9.17, 15) is 14.4 Å². The van der Waals surface area contributed by atoms with Gasteiger partial charge in [-0.3, -0.25) is 14.4 Å². The number of carbonyl (C=O) groups is 3. The molecule has 0 atom stereocenters. The fourth-order valence-electron chi connectivity index (χ4n) is 2.94. The van der Waals surface area contributed by atoms with E-state index in [-0.39, 0.29) is 30.7 Å². The van der Waals surface area contributed by atoms with Crippen LogP contribution in [0.4, 0.5) is 5.69 Å². The molecule has 0 fully saturated rings. The normalized spacial score (nSPS) is 10.2. The Hall–Kier alpha value is -3.35. The molecule has 7 nitrogen and oxygen atoms in total. The lowest BCUT2D eigenvalue weighted by Gasteiger charge is -2.12. The number of hydrogen-bond donors (Lipinski definition) is 3. The minimum absolute atomic E-state index is 0.0965. The van der Waals surface area contributed by atoms with Crippen molar-refractivity contribution in [1.82, 2.24) is 10.6 Å². The van der Waals surface area contributed by atoms with E-state index in [1.54, 1.807) is 18.2 Å². The fourth-order valence-corrected chi connectivity index (χ4v) is 2.94. The van der Waals surface area contributed by atoms with Crippen LogP contribution in [-0.2, 0) is 9.59 Å². The predicted molar refractivity (Wildman–Crippen MR) is 117 cm³/mol. The van der Waals surface area contributed by atoms with E-state index in [1.165, 1.54) is 0 Å². The SMILES string of the molecule is CCOc1ccccc1C(=O)NCCCC(=O)NCC(=O)Nc1c(C)cccc1C. The molecule has 0 spiro atoms. The Kier molecular flexibility index (Phi) is 8.87. The summed E-state index contributed by atoms with van der Waals surface area (Å²) in [5.41, 5.74) is 3.17. The third kappa shape index (κ3) is 6.92. The van der Waals surface area contributed by atoms with E-state index in [2.05, 4.69) is 16.0 Å². The highest BCUT2D eigenvalue weighted by molar-refractivity contribution is 5.97. The number of hydrogen-bond acceptors (Lipinski definition) is 4. The van der Waals surface area contributed by atoms with Gasteiger partial charge in [0, 0.05) is 18.7 Å². The number of anilines is 1. The van der Waals surface area contributed by atoms with Crippen molar-refractivity contribution >= 4 is 23.4 Å². The lowest BCUT2D eigenvalue weighted by molar-refractivity contribution is -0.124. The van der Waals surface area contributed by atoms with Crippen LogP contribution >= 0.6 is 0 Å². The van der Waals surface area contributed by atoms with E-state index < -0.39 is 0 Å². The Balaban J connectivity index is 1.69. The lowest BCUT2D eigenvalue weighted by atomic mass is 10.1. The first-order valence-corrected chi connectivity index (χ1v) is 10.0. The fraction of sp³-hybridized carbons (Fsp3) is 0.348. The molecule has 0 saturated carbocycles. The molecular weight excluding hydrogens is 382 g/mol. The number of ether oxygens (including phenoxy) is 1. The van der Waals surface area contributed by atoms with E-state index >= 15 is 0 Å². The molecule has 3 N–H and O–H groups in total. The van der Waals surface area contributed by atoms with Gasteiger partial charge in [-0.2, -0.15) is 0 Å². The topological polar surface area (TPSA) is 96.5 Å². The second-order valence-electron chi connectivity index (χ2n) is 6.88. The van der Waals surface area contributed by atoms with Gasteiger partial charge in [0.15, 0.2) is 0 Å². The molecule has 160 valence electrons. The van der Waals surface area contributed by atoms with Gasteiger partial charge >= 0.3 is 0 Å². The van der Waals surface area contributed by atoms with Crippen molar-refractivity contribution in [2.24, 2.45) is 0 Å². The minimum Gasteiger partial charge on any atom is -0.493 e. The number of amides is 3. The highest BCUT2D eigenvalue weighted by Gasteiger charge is 2.12. The summed E-state index contributed by atoms with van der Waals surface area (Å²) in [5.74, 6) is -0.227. The monoisotopic (exact) mass is 411 g/mol. The van der Waals surface area contributed by atoms with Crippen molar-refractivity contribution in [1.29, 1.82) is 0 Å². The second-order valence-corrected chi connectivity index (χ2v) is 6.88. The van der Waals surface area contributed by atoms with Crippen molar-refractivity contribution in [2.75, 3.05) is 25.0 Å². The van der Waals surface area contributed by atoms with Crippen molar-refractivity contribution in [3.63, 3.8) is 0 Å². The van der Waals surface area contributed by atoms with Crippen LogP contribution in [0, 0.1) is 13.8 Å². The maximum atomic E-state index is 12.3. The number of carbonyl (C=O) groups excluding carboxylic acids is 3. The van der Waals surface area contributed by atoms with Gasteiger partial charge in [0.2, 0.25) is 11.8 Å². The summed E-state index contributed by atoms with van der Waals surface area (Å²) in [4.78, 5) is 36.3. The maximum absolute atomic E-state index is 12.3. The highest BCUT2D eigenvalue weighted by atomic mass is 16.5. The number of benzene rings is 2. The summed E-state index contributed by atoms with van der Waals surface area (Å²) < 4.78 is 5.45. The summed E-state index contributed by atoms with van der Waals surface area (Å²) in [7, 11) is 0. The summed E-state index contributed by atoms with van der Waals surface area (Å²) in [6, 6.07) is 12.8. The van der Waals surface area contributed by atoms with Crippen LogP contribution in [0.3, 0.4) is 0 Å². The first-order valence-electron chi connectivity index (χ1n) is 10.0. The van der Waals surface area contributed by atoms with Gasteiger partial charge in [0.25, 0.3) is 5.91 Å². The Labute approximate surface area is 177 Å². The largest absolute Gasteiger partial charge is 0.493 e. The highest BCUT2D eigenvalue weighted by Crippen LogP contribution is 2.19. The Morgan fingerprint density at radius 1 is 0.900 bits per heavy atom. The number of para-hydroxylation sites is 2. The number of aryl methyl sites for hydroxylation is 2. The molecule has 0 radical (unpaired) electrons. The maximum Gasteiger partial charge on any atom is 0.255 e. The average Bonchev–Trinajstić information content (AvgIpc) is 2.73. The Morgan fingerprint density at radius 3 is 2.30 bits per heavy atom. The summed E-state index contributed by atoms with van der Waals surface area (Å²) in [5, 5.41) is 8.22. The van der Waals surface area contributed by atoms with E-state index in [4.69, 9.17) is 4.74 Å². The molecule has 7 heteroatoms. The average molecular weight is 412 g/mol. The molecule has 0 aliphatic carbocycles. The zero-order chi connectivity index (χ0) is 21.9. The molecular formula is C23H29N3O4. The van der Waals surface area contributed by atoms with Gasteiger partial charge in [-0.05, 0) is 50.5 Å². The quantitative estimate of drug-likeness (QED) is 0.524. The standard InChI is InChI=1S/C23H29N3O4/c1-4-30-19-12-6-5-11-18(19)23(29)24-14-8-13-20(27)25-15-21(28)26-22-16(2)9-7-10-17(22)3/h5-7,9-12H,4,8,13-15H2,1-3H3,(H,24,29)(H,25,27)(H,26,28). The van der Waals surface area contributed by atoms with Gasteiger partial charge in [-0.25, -0.2) is 0 Å². The van der Waals surface area contributed by atoms with Gasteiger partial charge in [-0.15, -0.1) is 0 Å². The van der Waals surface area contributed by atoms with E-state index in [0.29, 0.717) is 30.9 Å². The van der Waals surface area contributed by atoms with Crippen molar-refractivity contribution in [2.45, 2.75) is 33.6 Å². The summed E-state index contributed by atoms with van der Waals surface area (Å²) in [6.45, 7) is 6.42. The molecule has 30 heavy (non-hydrogen) atoms. The zero-order valence-corrected chi connectivity index (χ0v) is 17.7. The molecule has 0 aromatic heterocycles. The third-order valence-corrected chi connectivity index (χ3v) is 4.49. The van der Waals surface area contributed by atoms with Gasteiger partial charge in [-0.1, -0.05) is 30.3 Å². The minimum atomic E-state index is -0.276. The second kappa shape index (κ2) is 11.6. The summed E-state index contributed by atoms with van der Waals surface area (Å²) >= 11 is 0. The Morgan fingerprint density at radius 2 is 1.60 bits per heavy atom. The molecule has 0 heterocycles. The molecule has 2 rings (SSSR count). The molecule has 0 unspecified atom stereocenters. The van der Waals surface area contributed by atoms with Crippen molar-refractivity contribution in [3.05, 3.63) is 59.2 Å². The van der Waals surface area contributed by atoms with Gasteiger partial charge in [0.1, 0.15) is 5.75 Å². The number of nitrogens with one attached hydrogen (secondary N) is 3. The van der Waals surface area contributed by atoms with Crippen LogP contribution in [0.1, 0.15) is 41.3 Å². The van der Waals surface area contributed by atoms with Crippen LogP contribution in [0.15, 0.2) is 42.5 Å². The molecule has 0 saturated heterocycles. The zero-order valence-electron chi connectivity index (χ0n) is 17.7. The molecule has 2 aromatic carbocycles. The van der Waals surface area contributed by atoms with Crippen LogP contribution in [0.5, 0.6) is 5.75 Å². The summed E-state index contributed by atoms with van der Waals surface area (Å²) in [6.07, 6.45) is 0.678. The van der Waals surface area contributed by atoms with E-state index in [0.717, 1.165) is 16.8 Å². The lowest BCUT2D eigenvalue weighted by Crippen LogP contribution is -2.33. The van der Waals surface area contributed by atoms with Crippen LogP contribution in [-0.4, -0.2) is 37.4 Å². The van der Waals surface area contributed by atoms with Gasteiger partial charge in [0.05, 0.1) is 18.7 Å². The number of rotatable bonds is 10.